The van der Waals surface area contributed by atoms with Gasteiger partial charge in [-0.25, -0.2) is 0 Å². The minimum Gasteiger partial charge on any atom is -0.497 e. The number of hydrogen-bond donors (Lipinski definition) is 0. The zero-order chi connectivity index (χ0) is 18.5. The van der Waals surface area contributed by atoms with E-state index in [-0.39, 0.29) is 0 Å². The van der Waals surface area contributed by atoms with Crippen LogP contribution in [0.15, 0.2) is 42.5 Å². The molecule has 3 heteroatoms. The Morgan fingerprint density at radius 3 is 2.78 bits per heavy atom. The lowest BCUT2D eigenvalue weighted by Crippen LogP contribution is -2.34. The van der Waals surface area contributed by atoms with E-state index in [2.05, 4.69) is 65.9 Å². The number of benzene rings is 2. The number of likely N-dealkylation sites (N-methyl/N-ethyl adjacent to an activating group) is 1. The molecule has 2 aliphatic rings. The molecule has 0 spiro atoms. The van der Waals surface area contributed by atoms with E-state index >= 15 is 0 Å². The molecule has 1 aromatic heterocycles. The number of methoxy groups -OCH3 is 1. The van der Waals surface area contributed by atoms with Crippen molar-refractivity contribution in [3.8, 4) is 5.75 Å². The highest BCUT2D eigenvalue weighted by atomic mass is 16.5. The second kappa shape index (κ2) is 6.42. The Morgan fingerprint density at radius 2 is 1.96 bits per heavy atom. The zero-order valence-corrected chi connectivity index (χ0v) is 16.5. The van der Waals surface area contributed by atoms with Crippen LogP contribution in [-0.4, -0.2) is 29.7 Å². The van der Waals surface area contributed by atoms with Gasteiger partial charge in [0.15, 0.2) is 0 Å². The van der Waals surface area contributed by atoms with E-state index in [0.29, 0.717) is 12.1 Å². The molecule has 27 heavy (non-hydrogen) atoms. The summed E-state index contributed by atoms with van der Waals surface area (Å²) in [6, 6.07) is 16.7. The summed E-state index contributed by atoms with van der Waals surface area (Å²) in [4.78, 5) is 2.60. The maximum absolute atomic E-state index is 5.55. The van der Waals surface area contributed by atoms with E-state index in [9.17, 15) is 0 Å². The Bertz CT molecular complexity index is 1000. The molecule has 0 saturated carbocycles. The second-order valence-electron chi connectivity index (χ2n) is 8.19. The Kier molecular flexibility index (Phi) is 4.01. The summed E-state index contributed by atoms with van der Waals surface area (Å²) in [7, 11) is 4.07. The molecule has 0 aliphatic carbocycles. The van der Waals surface area contributed by atoms with Gasteiger partial charge in [0.1, 0.15) is 5.75 Å². The number of hydrogen-bond acceptors (Lipinski definition) is 2. The SMILES string of the molecule is COc1ccc2c(c1)c1c(n2CCc2ccccc2C)CC2CCC1N2C. The highest BCUT2D eigenvalue weighted by molar-refractivity contribution is 5.88. The molecular formula is C24H28N2O. The Balaban J connectivity index is 1.62. The van der Waals surface area contributed by atoms with Crippen molar-refractivity contribution >= 4 is 10.9 Å². The summed E-state index contributed by atoms with van der Waals surface area (Å²) in [5, 5.41) is 1.39. The fourth-order valence-corrected chi connectivity index (χ4v) is 5.34. The van der Waals surface area contributed by atoms with Crippen LogP contribution in [0, 0.1) is 6.92 Å². The minimum atomic E-state index is 0.563. The van der Waals surface area contributed by atoms with Crippen LogP contribution in [0.3, 0.4) is 0 Å². The smallest absolute Gasteiger partial charge is 0.119 e. The van der Waals surface area contributed by atoms with Crippen molar-refractivity contribution in [1.29, 1.82) is 0 Å². The van der Waals surface area contributed by atoms with Crippen molar-refractivity contribution in [3.63, 3.8) is 0 Å². The van der Waals surface area contributed by atoms with Gasteiger partial charge >= 0.3 is 0 Å². The highest BCUT2D eigenvalue weighted by Gasteiger charge is 2.40. The summed E-state index contributed by atoms with van der Waals surface area (Å²) in [5.74, 6) is 0.962. The Morgan fingerprint density at radius 1 is 1.11 bits per heavy atom. The van der Waals surface area contributed by atoms with Crippen LogP contribution in [0.4, 0.5) is 0 Å². The van der Waals surface area contributed by atoms with E-state index in [0.717, 1.165) is 18.7 Å². The van der Waals surface area contributed by atoms with Crippen molar-refractivity contribution < 1.29 is 4.74 Å². The topological polar surface area (TPSA) is 17.4 Å². The van der Waals surface area contributed by atoms with Crippen molar-refractivity contribution in [1.82, 2.24) is 9.47 Å². The van der Waals surface area contributed by atoms with E-state index in [1.165, 1.54) is 41.3 Å². The summed E-state index contributed by atoms with van der Waals surface area (Å²) in [6.45, 7) is 3.27. The molecule has 2 bridgehead atoms. The first kappa shape index (κ1) is 16.9. The van der Waals surface area contributed by atoms with Gasteiger partial charge in [-0.05, 0) is 68.1 Å². The zero-order valence-electron chi connectivity index (χ0n) is 16.5. The van der Waals surface area contributed by atoms with Crippen LogP contribution in [0.5, 0.6) is 5.75 Å². The van der Waals surface area contributed by atoms with Crippen molar-refractivity contribution in [2.45, 2.75) is 51.2 Å². The third-order valence-corrected chi connectivity index (χ3v) is 6.89. The summed E-state index contributed by atoms with van der Waals surface area (Å²) >= 11 is 0. The lowest BCUT2D eigenvalue weighted by molar-refractivity contribution is 0.222. The predicted octanol–water partition coefficient (Wildman–Crippen LogP) is 4.89. The molecule has 1 fully saturated rings. The van der Waals surface area contributed by atoms with Gasteiger partial charge < -0.3 is 9.30 Å². The number of rotatable bonds is 4. The molecule has 0 radical (unpaired) electrons. The van der Waals surface area contributed by atoms with Crippen LogP contribution in [0.25, 0.3) is 10.9 Å². The van der Waals surface area contributed by atoms with E-state index < -0.39 is 0 Å². The maximum Gasteiger partial charge on any atom is 0.119 e. The van der Waals surface area contributed by atoms with Gasteiger partial charge in [0.2, 0.25) is 0 Å². The van der Waals surface area contributed by atoms with Gasteiger partial charge in [0.05, 0.1) is 7.11 Å². The molecule has 0 amide bonds. The fraction of sp³-hybridized carbons (Fsp3) is 0.417. The molecule has 3 aromatic rings. The Labute approximate surface area is 161 Å². The second-order valence-corrected chi connectivity index (χ2v) is 8.19. The van der Waals surface area contributed by atoms with Crippen LogP contribution >= 0.6 is 0 Å². The first-order chi connectivity index (χ1) is 13.2. The van der Waals surface area contributed by atoms with Crippen LogP contribution < -0.4 is 4.74 Å². The van der Waals surface area contributed by atoms with Gasteiger partial charge in [-0.15, -0.1) is 0 Å². The molecule has 140 valence electrons. The molecule has 0 N–H and O–H groups in total. The van der Waals surface area contributed by atoms with E-state index in [4.69, 9.17) is 4.74 Å². The molecule has 3 heterocycles. The first-order valence-corrected chi connectivity index (χ1v) is 10.1. The third-order valence-electron chi connectivity index (χ3n) is 6.89. The molecular weight excluding hydrogens is 332 g/mol. The largest absolute Gasteiger partial charge is 0.497 e. The molecule has 2 aliphatic heterocycles. The average molecular weight is 361 g/mol. The van der Waals surface area contributed by atoms with Gasteiger partial charge in [0.25, 0.3) is 0 Å². The number of fused-ring (bicyclic) bond motifs is 6. The summed E-state index contributed by atoms with van der Waals surface area (Å²) < 4.78 is 8.16. The van der Waals surface area contributed by atoms with Gasteiger partial charge in [-0.3, -0.25) is 4.90 Å². The highest BCUT2D eigenvalue weighted by Crippen LogP contribution is 2.47. The number of ether oxygens (including phenoxy) is 1. The normalized spacial score (nSPS) is 21.6. The molecule has 1 saturated heterocycles. The predicted molar refractivity (Wildman–Crippen MR) is 111 cm³/mol. The van der Waals surface area contributed by atoms with Gasteiger partial charge in [-0.1, -0.05) is 24.3 Å². The van der Waals surface area contributed by atoms with Crippen molar-refractivity contribution in [2.24, 2.45) is 0 Å². The Hall–Kier alpha value is -2.26. The van der Waals surface area contributed by atoms with Gasteiger partial charge in [0, 0.05) is 41.6 Å². The molecule has 2 atom stereocenters. The first-order valence-electron chi connectivity index (χ1n) is 10.1. The standard InChI is InChI=1S/C24H28N2O/c1-16-6-4-5-7-17(16)12-13-26-21-11-9-19(27-3)15-20(21)24-22-10-8-18(25(22)2)14-23(24)26/h4-7,9,11,15,18,22H,8,10,12-14H2,1-3H3. The van der Waals surface area contributed by atoms with Crippen molar-refractivity contribution in [3.05, 3.63) is 64.8 Å². The van der Waals surface area contributed by atoms with Crippen LogP contribution in [0.2, 0.25) is 0 Å². The molecule has 5 rings (SSSR count). The van der Waals surface area contributed by atoms with Crippen LogP contribution in [-0.2, 0) is 19.4 Å². The monoisotopic (exact) mass is 360 g/mol. The molecule has 2 unspecified atom stereocenters. The van der Waals surface area contributed by atoms with E-state index in [1.54, 1.807) is 18.4 Å². The number of nitrogens with zero attached hydrogens (tertiary/aromatic N) is 2. The fourth-order valence-electron chi connectivity index (χ4n) is 5.34. The lowest BCUT2D eigenvalue weighted by Gasteiger charge is -2.32. The third kappa shape index (κ3) is 2.60. The number of aromatic nitrogens is 1. The summed E-state index contributed by atoms with van der Waals surface area (Å²) in [6.07, 6.45) is 4.86. The molecule has 2 aromatic carbocycles. The maximum atomic E-state index is 5.55. The van der Waals surface area contributed by atoms with E-state index in [1.807, 2.05) is 0 Å². The molecule has 3 nitrogen and oxygen atoms in total. The number of aryl methyl sites for hydroxylation is 3. The van der Waals surface area contributed by atoms with Gasteiger partial charge in [-0.2, -0.15) is 0 Å². The lowest BCUT2D eigenvalue weighted by atomic mass is 9.97. The van der Waals surface area contributed by atoms with Crippen molar-refractivity contribution in [2.75, 3.05) is 14.2 Å². The average Bonchev–Trinajstić information content (AvgIpc) is 3.10. The minimum absolute atomic E-state index is 0.563. The summed E-state index contributed by atoms with van der Waals surface area (Å²) in [5.41, 5.74) is 7.35. The van der Waals surface area contributed by atoms with Crippen LogP contribution in [0.1, 0.15) is 41.3 Å². The quantitative estimate of drug-likeness (QED) is 0.659.